The Hall–Kier alpha value is -1.53. The van der Waals surface area contributed by atoms with Crippen LogP contribution in [-0.4, -0.2) is 18.1 Å². The van der Waals surface area contributed by atoms with E-state index in [9.17, 15) is 0 Å². The van der Waals surface area contributed by atoms with Gasteiger partial charge < -0.3 is 10.6 Å². The van der Waals surface area contributed by atoms with Gasteiger partial charge >= 0.3 is 0 Å². The Bertz CT molecular complexity index is 407. The van der Waals surface area contributed by atoms with Gasteiger partial charge in [-0.05, 0) is 30.5 Å². The van der Waals surface area contributed by atoms with Crippen LogP contribution in [0.15, 0.2) is 12.1 Å². The molecule has 1 heterocycles. The number of anilines is 1. The van der Waals surface area contributed by atoms with Gasteiger partial charge in [0.2, 0.25) is 0 Å². The molecule has 0 bridgehead atoms. The van der Waals surface area contributed by atoms with Crippen LogP contribution in [0.4, 0.5) is 5.82 Å². The molecular formula is C15H23N3. The van der Waals surface area contributed by atoms with Gasteiger partial charge in [-0.2, -0.15) is 0 Å². The maximum Gasteiger partial charge on any atom is 0.129 e. The number of rotatable bonds is 7. The Morgan fingerprint density at radius 1 is 1.33 bits per heavy atom. The van der Waals surface area contributed by atoms with E-state index in [0.29, 0.717) is 13.1 Å². The third kappa shape index (κ3) is 4.05. The lowest BCUT2D eigenvalue weighted by atomic mass is 10.1. The summed E-state index contributed by atoms with van der Waals surface area (Å²) in [5.41, 5.74) is 7.98. The summed E-state index contributed by atoms with van der Waals surface area (Å²) < 4.78 is 0. The van der Waals surface area contributed by atoms with Crippen molar-refractivity contribution in [2.45, 2.75) is 39.7 Å². The molecular weight excluding hydrogens is 222 g/mol. The molecule has 1 aromatic rings. The molecule has 98 valence electrons. The van der Waals surface area contributed by atoms with Crippen LogP contribution >= 0.6 is 0 Å². The summed E-state index contributed by atoms with van der Waals surface area (Å²) >= 11 is 0. The van der Waals surface area contributed by atoms with Crippen LogP contribution in [0.5, 0.6) is 0 Å². The van der Waals surface area contributed by atoms with Crippen LogP contribution in [0, 0.1) is 12.3 Å². The summed E-state index contributed by atoms with van der Waals surface area (Å²) in [5, 5.41) is 0. The zero-order valence-electron chi connectivity index (χ0n) is 11.4. The van der Waals surface area contributed by atoms with Crippen molar-refractivity contribution in [3.63, 3.8) is 0 Å². The van der Waals surface area contributed by atoms with E-state index < -0.39 is 0 Å². The average molecular weight is 245 g/mol. The zero-order valence-corrected chi connectivity index (χ0v) is 11.4. The van der Waals surface area contributed by atoms with Gasteiger partial charge in [0, 0.05) is 18.8 Å². The first kappa shape index (κ1) is 14.5. The van der Waals surface area contributed by atoms with Crippen molar-refractivity contribution in [3.8, 4) is 12.3 Å². The second-order valence-electron chi connectivity index (χ2n) is 4.40. The van der Waals surface area contributed by atoms with Gasteiger partial charge in [0.05, 0.1) is 6.54 Å². The summed E-state index contributed by atoms with van der Waals surface area (Å²) in [6, 6.07) is 4.14. The van der Waals surface area contributed by atoms with Crippen molar-refractivity contribution in [1.29, 1.82) is 0 Å². The minimum Gasteiger partial charge on any atom is -0.345 e. The highest BCUT2D eigenvalue weighted by Gasteiger charge is 2.08. The molecule has 0 unspecified atom stereocenters. The Labute approximate surface area is 110 Å². The molecule has 0 radical (unpaired) electrons. The summed E-state index contributed by atoms with van der Waals surface area (Å²) in [6.45, 7) is 6.37. The molecule has 0 amide bonds. The molecule has 0 aromatic carbocycles. The van der Waals surface area contributed by atoms with E-state index in [1.165, 1.54) is 0 Å². The SMILES string of the molecule is C#CCN(CCC)c1cc(CN)cc(CCC)n1. The predicted molar refractivity (Wildman–Crippen MR) is 77.5 cm³/mol. The molecule has 0 aliphatic rings. The molecule has 18 heavy (non-hydrogen) atoms. The first-order valence-corrected chi connectivity index (χ1v) is 6.63. The zero-order chi connectivity index (χ0) is 13.4. The fourth-order valence-electron chi connectivity index (χ4n) is 1.95. The first-order chi connectivity index (χ1) is 8.74. The fourth-order valence-corrected chi connectivity index (χ4v) is 1.95. The smallest absolute Gasteiger partial charge is 0.129 e. The number of aryl methyl sites for hydroxylation is 1. The maximum atomic E-state index is 5.75. The van der Waals surface area contributed by atoms with Gasteiger partial charge in [-0.1, -0.05) is 26.2 Å². The molecule has 0 aliphatic carbocycles. The predicted octanol–water partition coefficient (Wildman–Crippen LogP) is 2.34. The Kier molecular flexibility index (Phi) is 6.24. The Morgan fingerprint density at radius 3 is 2.67 bits per heavy atom. The van der Waals surface area contributed by atoms with Crippen LogP contribution in [0.25, 0.3) is 0 Å². The maximum absolute atomic E-state index is 5.75. The van der Waals surface area contributed by atoms with E-state index in [4.69, 9.17) is 12.2 Å². The number of aromatic nitrogens is 1. The van der Waals surface area contributed by atoms with E-state index in [1.54, 1.807) is 0 Å². The normalized spacial score (nSPS) is 10.1. The van der Waals surface area contributed by atoms with Gasteiger partial charge in [0.1, 0.15) is 5.82 Å². The molecule has 0 saturated heterocycles. The number of nitrogens with zero attached hydrogens (tertiary/aromatic N) is 2. The summed E-state index contributed by atoms with van der Waals surface area (Å²) in [7, 11) is 0. The molecule has 0 atom stereocenters. The van der Waals surface area contributed by atoms with Crippen LogP contribution in [0.1, 0.15) is 37.9 Å². The molecule has 0 spiro atoms. The summed E-state index contributed by atoms with van der Waals surface area (Å²) in [5.74, 6) is 3.65. The molecule has 1 rings (SSSR count). The molecule has 0 fully saturated rings. The van der Waals surface area contributed by atoms with Gasteiger partial charge in [-0.15, -0.1) is 6.42 Å². The molecule has 2 N–H and O–H groups in total. The van der Waals surface area contributed by atoms with Crippen molar-refractivity contribution >= 4 is 5.82 Å². The number of pyridine rings is 1. The highest BCUT2D eigenvalue weighted by molar-refractivity contribution is 5.44. The summed E-state index contributed by atoms with van der Waals surface area (Å²) in [4.78, 5) is 6.82. The molecule has 0 aliphatic heterocycles. The number of hydrogen-bond acceptors (Lipinski definition) is 3. The third-order valence-corrected chi connectivity index (χ3v) is 2.77. The van der Waals surface area contributed by atoms with E-state index in [0.717, 1.165) is 42.9 Å². The Balaban J connectivity index is 3.03. The van der Waals surface area contributed by atoms with Gasteiger partial charge in [0.25, 0.3) is 0 Å². The fraction of sp³-hybridized carbons (Fsp3) is 0.533. The Morgan fingerprint density at radius 2 is 2.11 bits per heavy atom. The lowest BCUT2D eigenvalue weighted by molar-refractivity contribution is 0.793. The quantitative estimate of drug-likeness (QED) is 0.750. The lowest BCUT2D eigenvalue weighted by Crippen LogP contribution is -2.26. The molecule has 3 nitrogen and oxygen atoms in total. The van der Waals surface area contributed by atoms with Gasteiger partial charge in [-0.25, -0.2) is 4.98 Å². The van der Waals surface area contributed by atoms with Crippen molar-refractivity contribution in [2.75, 3.05) is 18.0 Å². The minimum absolute atomic E-state index is 0.544. The second kappa shape index (κ2) is 7.73. The van der Waals surface area contributed by atoms with Crippen LogP contribution in [-0.2, 0) is 13.0 Å². The van der Waals surface area contributed by atoms with Gasteiger partial charge in [0.15, 0.2) is 0 Å². The number of nitrogens with two attached hydrogens (primary N) is 1. The molecule has 1 aromatic heterocycles. The topological polar surface area (TPSA) is 42.1 Å². The van der Waals surface area contributed by atoms with E-state index >= 15 is 0 Å². The van der Waals surface area contributed by atoms with Crippen LogP contribution in [0.2, 0.25) is 0 Å². The average Bonchev–Trinajstić information content (AvgIpc) is 2.38. The molecule has 0 saturated carbocycles. The largest absolute Gasteiger partial charge is 0.345 e. The minimum atomic E-state index is 0.544. The van der Waals surface area contributed by atoms with E-state index in [2.05, 4.69) is 35.7 Å². The van der Waals surface area contributed by atoms with Crippen molar-refractivity contribution in [2.24, 2.45) is 5.73 Å². The van der Waals surface area contributed by atoms with Crippen molar-refractivity contribution in [1.82, 2.24) is 4.98 Å². The first-order valence-electron chi connectivity index (χ1n) is 6.63. The summed E-state index contributed by atoms with van der Waals surface area (Å²) in [6.07, 6.45) is 8.54. The monoisotopic (exact) mass is 245 g/mol. The van der Waals surface area contributed by atoms with Crippen LogP contribution < -0.4 is 10.6 Å². The highest BCUT2D eigenvalue weighted by atomic mass is 15.2. The van der Waals surface area contributed by atoms with Crippen molar-refractivity contribution < 1.29 is 0 Å². The van der Waals surface area contributed by atoms with Crippen molar-refractivity contribution in [3.05, 3.63) is 23.4 Å². The van der Waals surface area contributed by atoms with Gasteiger partial charge in [-0.3, -0.25) is 0 Å². The highest BCUT2D eigenvalue weighted by Crippen LogP contribution is 2.16. The standard InChI is InChI=1S/C15H23N3/c1-4-7-14-10-13(12-16)11-15(17-14)18(8-5-2)9-6-3/h2,10-11H,4,6-9,12,16H2,1,3H3. The number of hydrogen-bond donors (Lipinski definition) is 1. The molecule has 3 heteroatoms. The lowest BCUT2D eigenvalue weighted by Gasteiger charge is -2.22. The third-order valence-electron chi connectivity index (χ3n) is 2.77. The second-order valence-corrected chi connectivity index (χ2v) is 4.40. The van der Waals surface area contributed by atoms with E-state index in [1.807, 2.05) is 6.07 Å². The van der Waals surface area contributed by atoms with E-state index in [-0.39, 0.29) is 0 Å². The van der Waals surface area contributed by atoms with Crippen LogP contribution in [0.3, 0.4) is 0 Å². The number of terminal acetylenes is 1.